The number of benzene rings is 1. The summed E-state index contributed by atoms with van der Waals surface area (Å²) in [6.45, 7) is 10.9. The zero-order chi connectivity index (χ0) is 18.8. The second kappa shape index (κ2) is 8.33. The number of morpholine rings is 2. The molecule has 2 atom stereocenters. The predicted octanol–water partition coefficient (Wildman–Crippen LogP) is 2.76. The fourth-order valence-electron chi connectivity index (χ4n) is 4.26. The quantitative estimate of drug-likeness (QED) is 0.697. The van der Waals surface area contributed by atoms with Crippen molar-refractivity contribution in [3.05, 3.63) is 53.2 Å². The molecule has 2 fully saturated rings. The summed E-state index contributed by atoms with van der Waals surface area (Å²) in [5.74, 6) is 0. The summed E-state index contributed by atoms with van der Waals surface area (Å²) in [7, 11) is 1.95. The highest BCUT2D eigenvalue weighted by Gasteiger charge is 2.49. The van der Waals surface area contributed by atoms with Crippen molar-refractivity contribution in [2.24, 2.45) is 0 Å². The van der Waals surface area contributed by atoms with Gasteiger partial charge in [0, 0.05) is 38.9 Å². The van der Waals surface area contributed by atoms with Crippen molar-refractivity contribution >= 4 is 17.9 Å². The average molecular weight is 390 g/mol. The van der Waals surface area contributed by atoms with E-state index in [4.69, 9.17) is 21.3 Å². The van der Waals surface area contributed by atoms with Gasteiger partial charge in [-0.2, -0.15) is 0 Å². The zero-order valence-corrected chi connectivity index (χ0v) is 16.7. The number of nitrogens with zero attached hydrogens (tertiary/aromatic N) is 3. The lowest BCUT2D eigenvalue weighted by atomic mass is 10.0. The molecule has 2 unspecified atom stereocenters. The Bertz CT molecular complexity index is 692. The normalized spacial score (nSPS) is 25.0. The summed E-state index contributed by atoms with van der Waals surface area (Å²) in [5.41, 5.74) is 5.19. The van der Waals surface area contributed by atoms with Gasteiger partial charge >= 0.3 is 0 Å². The smallest absolute Gasteiger partial charge is 0.0754 e. The first kappa shape index (κ1) is 19.0. The lowest BCUT2D eigenvalue weighted by molar-refractivity contribution is 0.0258. The summed E-state index contributed by atoms with van der Waals surface area (Å²) in [6.07, 6.45) is 1.87. The van der Waals surface area contributed by atoms with Gasteiger partial charge in [0.1, 0.15) is 0 Å². The molecule has 27 heavy (non-hydrogen) atoms. The molecule has 5 nitrogen and oxygen atoms in total. The monoisotopic (exact) mass is 389 g/mol. The van der Waals surface area contributed by atoms with E-state index in [1.54, 1.807) is 0 Å². The lowest BCUT2D eigenvalue weighted by Gasteiger charge is -2.32. The summed E-state index contributed by atoms with van der Waals surface area (Å²) in [4.78, 5) is 5.03. The number of rotatable bonds is 6. The summed E-state index contributed by atoms with van der Waals surface area (Å²) in [6, 6.07) is 8.97. The summed E-state index contributed by atoms with van der Waals surface area (Å²) in [5, 5.41) is 0. The van der Waals surface area contributed by atoms with E-state index in [0.717, 1.165) is 58.2 Å². The minimum absolute atomic E-state index is 0.0659. The van der Waals surface area contributed by atoms with Crippen molar-refractivity contribution in [2.45, 2.75) is 12.1 Å². The minimum Gasteiger partial charge on any atom is -0.379 e. The summed E-state index contributed by atoms with van der Waals surface area (Å²) >= 11 is 6.59. The third-order valence-electron chi connectivity index (χ3n) is 5.67. The highest BCUT2D eigenvalue weighted by Crippen LogP contribution is 2.49. The molecular weight excluding hydrogens is 362 g/mol. The van der Waals surface area contributed by atoms with E-state index in [2.05, 4.69) is 40.6 Å². The molecule has 0 N–H and O–H groups in total. The summed E-state index contributed by atoms with van der Waals surface area (Å²) < 4.78 is 13.0. The molecule has 2 heterocycles. The number of likely N-dealkylation sites (N-methyl/N-ethyl adjacent to an activating group) is 1. The Kier molecular flexibility index (Phi) is 5.85. The van der Waals surface area contributed by atoms with Crippen LogP contribution in [-0.4, -0.2) is 79.9 Å². The van der Waals surface area contributed by atoms with E-state index in [-0.39, 0.29) is 6.04 Å². The molecule has 2 aliphatic heterocycles. The van der Waals surface area contributed by atoms with Crippen LogP contribution in [0.15, 0.2) is 42.1 Å². The third-order valence-corrected chi connectivity index (χ3v) is 5.86. The molecule has 0 aromatic heterocycles. The van der Waals surface area contributed by atoms with Gasteiger partial charge in [-0.25, -0.2) is 4.42 Å². The van der Waals surface area contributed by atoms with Crippen LogP contribution in [0.3, 0.4) is 0 Å². The van der Waals surface area contributed by atoms with Gasteiger partial charge in [-0.1, -0.05) is 36.9 Å². The van der Waals surface area contributed by atoms with Gasteiger partial charge < -0.3 is 14.4 Å². The topological polar surface area (TPSA) is 28.2 Å². The van der Waals surface area contributed by atoms with Crippen LogP contribution in [0.1, 0.15) is 17.2 Å². The Hall–Kier alpha value is -1.37. The standard InChI is InChI=1S/C21H28ClN3O2/c1-3-16-4-6-17(7-5-16)19(23(2)22)18-20(24-8-12-26-13-9-24)21(18)25-10-14-27-15-11-25/h3-7,19-20H,1,8-15H2,2H3. The van der Waals surface area contributed by atoms with E-state index < -0.39 is 0 Å². The lowest BCUT2D eigenvalue weighted by Crippen LogP contribution is -2.42. The molecule has 0 spiro atoms. The maximum absolute atomic E-state index is 6.59. The third kappa shape index (κ3) is 3.93. The maximum Gasteiger partial charge on any atom is 0.0754 e. The first-order valence-electron chi connectivity index (χ1n) is 9.70. The molecule has 6 heteroatoms. The van der Waals surface area contributed by atoms with Gasteiger partial charge in [0.25, 0.3) is 0 Å². The molecule has 0 saturated carbocycles. The molecule has 1 aromatic rings. The van der Waals surface area contributed by atoms with Crippen LogP contribution < -0.4 is 0 Å². The number of ether oxygens (including phenoxy) is 2. The Morgan fingerprint density at radius 2 is 1.67 bits per heavy atom. The molecule has 146 valence electrons. The SMILES string of the molecule is C=Cc1ccc(C(C2=C(N3CCOCC3)C2N2CCOCC2)N(C)Cl)cc1. The number of halogens is 1. The fraction of sp³-hybridized carbons (Fsp3) is 0.524. The van der Waals surface area contributed by atoms with Gasteiger partial charge in [-0.05, 0) is 28.5 Å². The van der Waals surface area contributed by atoms with Crippen LogP contribution in [-0.2, 0) is 9.47 Å². The Morgan fingerprint density at radius 3 is 2.22 bits per heavy atom. The van der Waals surface area contributed by atoms with E-state index in [1.807, 2.05) is 17.5 Å². The van der Waals surface area contributed by atoms with E-state index in [0.29, 0.717) is 6.04 Å². The molecule has 1 aliphatic carbocycles. The van der Waals surface area contributed by atoms with Gasteiger partial charge in [-0.3, -0.25) is 4.90 Å². The van der Waals surface area contributed by atoms with E-state index >= 15 is 0 Å². The number of hydrogen-bond acceptors (Lipinski definition) is 5. The predicted molar refractivity (Wildman–Crippen MR) is 108 cm³/mol. The average Bonchev–Trinajstić information content (AvgIpc) is 3.44. The Morgan fingerprint density at radius 1 is 1.07 bits per heavy atom. The van der Waals surface area contributed by atoms with Gasteiger partial charge in [0.05, 0.1) is 38.5 Å². The Labute approximate surface area is 166 Å². The van der Waals surface area contributed by atoms with Gasteiger partial charge in [0.2, 0.25) is 0 Å². The first-order valence-corrected chi connectivity index (χ1v) is 10.0. The van der Waals surface area contributed by atoms with Crippen LogP contribution >= 0.6 is 11.8 Å². The Balaban J connectivity index is 1.65. The highest BCUT2D eigenvalue weighted by molar-refractivity contribution is 6.13. The van der Waals surface area contributed by atoms with Crippen LogP contribution in [0.4, 0.5) is 0 Å². The highest BCUT2D eigenvalue weighted by atomic mass is 35.5. The zero-order valence-electron chi connectivity index (χ0n) is 15.9. The van der Waals surface area contributed by atoms with Gasteiger partial charge in [0.15, 0.2) is 0 Å². The van der Waals surface area contributed by atoms with Crippen LogP contribution in [0.25, 0.3) is 6.08 Å². The van der Waals surface area contributed by atoms with Crippen molar-refractivity contribution < 1.29 is 9.47 Å². The molecule has 4 rings (SSSR count). The molecule has 1 aromatic carbocycles. The van der Waals surface area contributed by atoms with Crippen molar-refractivity contribution in [2.75, 3.05) is 59.7 Å². The van der Waals surface area contributed by atoms with Crippen LogP contribution in [0.2, 0.25) is 0 Å². The molecule has 0 bridgehead atoms. The van der Waals surface area contributed by atoms with Gasteiger partial charge in [-0.15, -0.1) is 0 Å². The molecule has 0 radical (unpaired) electrons. The largest absolute Gasteiger partial charge is 0.379 e. The van der Waals surface area contributed by atoms with Crippen molar-refractivity contribution in [3.63, 3.8) is 0 Å². The molecular formula is C21H28ClN3O2. The van der Waals surface area contributed by atoms with E-state index in [9.17, 15) is 0 Å². The van der Waals surface area contributed by atoms with Crippen LogP contribution in [0.5, 0.6) is 0 Å². The first-order chi connectivity index (χ1) is 13.2. The fourth-order valence-corrected chi connectivity index (χ4v) is 4.48. The van der Waals surface area contributed by atoms with E-state index in [1.165, 1.54) is 16.8 Å². The number of hydrogen-bond donors (Lipinski definition) is 0. The van der Waals surface area contributed by atoms with Crippen molar-refractivity contribution in [3.8, 4) is 0 Å². The van der Waals surface area contributed by atoms with Crippen LogP contribution in [0, 0.1) is 0 Å². The molecule has 2 saturated heterocycles. The maximum atomic E-state index is 6.59. The van der Waals surface area contributed by atoms with Crippen molar-refractivity contribution in [1.29, 1.82) is 0 Å². The second-order valence-corrected chi connectivity index (χ2v) is 7.82. The second-order valence-electron chi connectivity index (χ2n) is 7.29. The van der Waals surface area contributed by atoms with Crippen molar-refractivity contribution in [1.82, 2.24) is 14.2 Å². The minimum atomic E-state index is 0.0659. The molecule has 3 aliphatic rings. The molecule has 0 amide bonds.